The summed E-state index contributed by atoms with van der Waals surface area (Å²) in [5.41, 5.74) is 8.68. The Bertz CT molecular complexity index is 361. The minimum absolute atomic E-state index is 0.125. The molecule has 0 spiro atoms. The van der Waals surface area contributed by atoms with Crippen molar-refractivity contribution in [2.24, 2.45) is 5.73 Å². The van der Waals surface area contributed by atoms with Crippen molar-refractivity contribution < 1.29 is 4.79 Å². The molecule has 1 aromatic rings. The van der Waals surface area contributed by atoms with Crippen LogP contribution in [0.15, 0.2) is 18.2 Å². The molecule has 0 atom stereocenters. The summed E-state index contributed by atoms with van der Waals surface area (Å²) in [6, 6.07) is 5.91. The Morgan fingerprint density at radius 3 is 2.75 bits per heavy atom. The summed E-state index contributed by atoms with van der Waals surface area (Å²) in [5.74, 6) is 0.125. The quantitative estimate of drug-likeness (QED) is 0.714. The van der Waals surface area contributed by atoms with Crippen molar-refractivity contribution in [3.8, 4) is 0 Å². The molecule has 1 rings (SSSR count). The van der Waals surface area contributed by atoms with Gasteiger partial charge in [0.05, 0.1) is 0 Å². The number of aryl methyl sites for hydroxylation is 1. The molecule has 1 aromatic carbocycles. The van der Waals surface area contributed by atoms with E-state index in [0.717, 1.165) is 30.5 Å². The monoisotopic (exact) mass is 220 g/mol. The van der Waals surface area contributed by atoms with Gasteiger partial charge in [-0.3, -0.25) is 4.79 Å². The maximum absolute atomic E-state index is 11.5. The van der Waals surface area contributed by atoms with Crippen LogP contribution >= 0.6 is 0 Å². The summed E-state index contributed by atoms with van der Waals surface area (Å²) < 4.78 is 0. The van der Waals surface area contributed by atoms with Gasteiger partial charge in [-0.05, 0) is 44.5 Å². The Morgan fingerprint density at radius 2 is 2.19 bits per heavy atom. The van der Waals surface area contributed by atoms with Gasteiger partial charge in [0.25, 0.3) is 0 Å². The third-order valence-electron chi connectivity index (χ3n) is 2.66. The van der Waals surface area contributed by atoms with E-state index in [-0.39, 0.29) is 5.78 Å². The third kappa shape index (κ3) is 3.15. The smallest absolute Gasteiger partial charge is 0.160 e. The molecule has 0 unspecified atom stereocenters. The maximum Gasteiger partial charge on any atom is 0.160 e. The molecule has 3 heteroatoms. The van der Waals surface area contributed by atoms with Crippen LogP contribution in [0.1, 0.15) is 34.8 Å². The van der Waals surface area contributed by atoms with Crippen LogP contribution in [-0.4, -0.2) is 19.4 Å². The Labute approximate surface area is 97.0 Å². The van der Waals surface area contributed by atoms with Crippen LogP contribution in [0.5, 0.6) is 0 Å². The lowest BCUT2D eigenvalue weighted by Crippen LogP contribution is -2.13. The molecular weight excluding hydrogens is 200 g/mol. The lowest BCUT2D eigenvalue weighted by atomic mass is 9.95. The van der Waals surface area contributed by atoms with Crippen molar-refractivity contribution in [1.82, 2.24) is 5.32 Å². The molecule has 0 saturated heterocycles. The van der Waals surface area contributed by atoms with Gasteiger partial charge in [-0.2, -0.15) is 0 Å². The van der Waals surface area contributed by atoms with Gasteiger partial charge < -0.3 is 11.1 Å². The second-order valence-corrected chi connectivity index (χ2v) is 3.92. The second-order valence-electron chi connectivity index (χ2n) is 3.92. The molecule has 88 valence electrons. The summed E-state index contributed by atoms with van der Waals surface area (Å²) in [6.45, 7) is 3.03. The molecule has 3 nitrogen and oxygen atoms in total. The van der Waals surface area contributed by atoms with E-state index < -0.39 is 0 Å². The number of benzene rings is 1. The first kappa shape index (κ1) is 12.9. The Kier molecular flexibility index (Phi) is 5.15. The van der Waals surface area contributed by atoms with E-state index in [2.05, 4.69) is 11.4 Å². The summed E-state index contributed by atoms with van der Waals surface area (Å²) in [5, 5.41) is 3.11. The van der Waals surface area contributed by atoms with Gasteiger partial charge in [0, 0.05) is 12.1 Å². The van der Waals surface area contributed by atoms with Crippen molar-refractivity contribution in [3.05, 3.63) is 34.9 Å². The highest BCUT2D eigenvalue weighted by molar-refractivity contribution is 5.95. The van der Waals surface area contributed by atoms with Gasteiger partial charge in [0.15, 0.2) is 5.78 Å². The first-order valence-corrected chi connectivity index (χ1v) is 5.67. The molecule has 0 bridgehead atoms. The topological polar surface area (TPSA) is 55.1 Å². The number of carbonyl (C=O) groups excluding carboxylic acids is 1. The number of rotatable bonds is 6. The van der Waals surface area contributed by atoms with E-state index in [9.17, 15) is 4.79 Å². The van der Waals surface area contributed by atoms with E-state index >= 15 is 0 Å². The van der Waals surface area contributed by atoms with E-state index in [4.69, 9.17) is 5.73 Å². The highest BCUT2D eigenvalue weighted by atomic mass is 16.1. The number of nitrogens with two attached hydrogens (primary N) is 1. The molecule has 3 N–H and O–H groups in total. The van der Waals surface area contributed by atoms with Gasteiger partial charge in [-0.1, -0.05) is 18.2 Å². The van der Waals surface area contributed by atoms with Gasteiger partial charge >= 0.3 is 0 Å². The van der Waals surface area contributed by atoms with Crippen LogP contribution in [0.3, 0.4) is 0 Å². The molecule has 0 aliphatic heterocycles. The van der Waals surface area contributed by atoms with E-state index in [1.807, 2.05) is 19.2 Å². The lowest BCUT2D eigenvalue weighted by Gasteiger charge is -2.12. The molecule has 16 heavy (non-hydrogen) atoms. The number of carbonyl (C=O) groups is 1. The zero-order chi connectivity index (χ0) is 12.0. The molecule has 0 aliphatic rings. The van der Waals surface area contributed by atoms with Crippen LogP contribution in [0.4, 0.5) is 0 Å². The number of Topliss-reactive ketones (excluding diaryl/α,β-unsaturated/α-hetero) is 1. The van der Waals surface area contributed by atoms with Crippen LogP contribution < -0.4 is 11.1 Å². The molecule has 0 aromatic heterocycles. The Balaban J connectivity index is 3.05. The van der Waals surface area contributed by atoms with Gasteiger partial charge in [0.2, 0.25) is 0 Å². The number of hydrogen-bond donors (Lipinski definition) is 2. The average molecular weight is 220 g/mol. The zero-order valence-electron chi connectivity index (χ0n) is 10.0. The lowest BCUT2D eigenvalue weighted by molar-refractivity contribution is 0.101. The largest absolute Gasteiger partial charge is 0.330 e. The first-order chi connectivity index (χ1) is 7.70. The normalized spacial score (nSPS) is 10.4. The van der Waals surface area contributed by atoms with Crippen molar-refractivity contribution in [1.29, 1.82) is 0 Å². The van der Waals surface area contributed by atoms with Crippen molar-refractivity contribution >= 4 is 5.78 Å². The van der Waals surface area contributed by atoms with Gasteiger partial charge in [0.1, 0.15) is 0 Å². The van der Waals surface area contributed by atoms with Crippen molar-refractivity contribution in [3.63, 3.8) is 0 Å². The number of hydrogen-bond acceptors (Lipinski definition) is 3. The molecule has 0 fully saturated rings. The van der Waals surface area contributed by atoms with Crippen LogP contribution in [0, 0.1) is 0 Å². The number of ketones is 1. The molecule has 0 saturated carbocycles. The van der Waals surface area contributed by atoms with Gasteiger partial charge in [-0.15, -0.1) is 0 Å². The minimum atomic E-state index is 0.125. The molecule has 0 amide bonds. The van der Waals surface area contributed by atoms with Crippen molar-refractivity contribution in [2.45, 2.75) is 26.3 Å². The molecule has 0 heterocycles. The summed E-state index contributed by atoms with van der Waals surface area (Å²) in [7, 11) is 1.89. The number of nitrogens with one attached hydrogen (secondary N) is 1. The summed E-state index contributed by atoms with van der Waals surface area (Å²) >= 11 is 0. The van der Waals surface area contributed by atoms with E-state index in [1.54, 1.807) is 6.92 Å². The maximum atomic E-state index is 11.5. The van der Waals surface area contributed by atoms with Crippen LogP contribution in [0.2, 0.25) is 0 Å². The fraction of sp³-hybridized carbons (Fsp3) is 0.462. The van der Waals surface area contributed by atoms with Crippen LogP contribution in [0.25, 0.3) is 0 Å². The zero-order valence-corrected chi connectivity index (χ0v) is 10.0. The highest BCUT2D eigenvalue weighted by Crippen LogP contribution is 2.17. The summed E-state index contributed by atoms with van der Waals surface area (Å²) in [6.07, 6.45) is 1.90. The SMILES string of the molecule is CNCc1c(CCCN)cccc1C(C)=O. The van der Waals surface area contributed by atoms with E-state index in [1.165, 1.54) is 5.56 Å². The molecular formula is C13H20N2O. The Morgan fingerprint density at radius 1 is 1.44 bits per heavy atom. The molecule has 0 radical (unpaired) electrons. The molecule has 0 aliphatic carbocycles. The van der Waals surface area contributed by atoms with Crippen molar-refractivity contribution in [2.75, 3.05) is 13.6 Å². The fourth-order valence-corrected chi connectivity index (χ4v) is 1.88. The van der Waals surface area contributed by atoms with Crippen LogP contribution in [-0.2, 0) is 13.0 Å². The predicted molar refractivity (Wildman–Crippen MR) is 66.6 cm³/mol. The van der Waals surface area contributed by atoms with E-state index in [0.29, 0.717) is 6.54 Å². The minimum Gasteiger partial charge on any atom is -0.330 e. The standard InChI is InChI=1S/C13H20N2O/c1-10(16)12-7-3-5-11(6-4-8-14)13(12)9-15-2/h3,5,7,15H,4,6,8-9,14H2,1-2H3. The predicted octanol–water partition coefficient (Wildman–Crippen LogP) is 1.50. The fourth-order valence-electron chi connectivity index (χ4n) is 1.88. The van der Waals surface area contributed by atoms with Gasteiger partial charge in [-0.25, -0.2) is 0 Å². The first-order valence-electron chi connectivity index (χ1n) is 5.67. The Hall–Kier alpha value is -1.19. The highest BCUT2D eigenvalue weighted by Gasteiger charge is 2.10. The average Bonchev–Trinajstić information content (AvgIpc) is 2.27. The third-order valence-corrected chi connectivity index (χ3v) is 2.66. The second kappa shape index (κ2) is 6.40. The summed E-state index contributed by atoms with van der Waals surface area (Å²) in [4.78, 5) is 11.5.